The van der Waals surface area contributed by atoms with Crippen LogP contribution >= 0.6 is 11.6 Å². The van der Waals surface area contributed by atoms with Gasteiger partial charge >= 0.3 is 0 Å². The van der Waals surface area contributed by atoms with Crippen LogP contribution in [0.4, 0.5) is 5.82 Å². The Hall–Kier alpha value is -2.26. The van der Waals surface area contributed by atoms with Crippen LogP contribution < -0.4 is 5.32 Å². The van der Waals surface area contributed by atoms with Crippen molar-refractivity contribution in [2.24, 2.45) is 0 Å². The first-order chi connectivity index (χ1) is 10.8. The summed E-state index contributed by atoms with van der Waals surface area (Å²) in [5, 5.41) is 3.72. The quantitative estimate of drug-likeness (QED) is 0.573. The number of furan rings is 1. The number of hydrogen-bond donors (Lipinski definition) is 1. The molecule has 1 N–H and O–H groups in total. The molecule has 3 aromatic rings. The molecule has 2 heterocycles. The summed E-state index contributed by atoms with van der Waals surface area (Å²) in [4.78, 5) is 4.36. The third-order valence-corrected chi connectivity index (χ3v) is 3.29. The minimum Gasteiger partial charge on any atom is -0.472 e. The van der Waals surface area contributed by atoms with E-state index in [0.717, 1.165) is 23.5 Å². The molecule has 0 fully saturated rings. The monoisotopic (exact) mass is 330 g/mol. The van der Waals surface area contributed by atoms with Crippen molar-refractivity contribution < 1.29 is 4.42 Å². The predicted octanol–water partition coefficient (Wildman–Crippen LogP) is 6.27. The lowest BCUT2D eigenvalue weighted by atomic mass is 10.1. The van der Waals surface area contributed by atoms with Crippen molar-refractivity contribution in [3.63, 3.8) is 0 Å². The van der Waals surface area contributed by atoms with Crippen LogP contribution in [0.25, 0.3) is 11.1 Å². The number of aromatic nitrogens is 1. The number of pyridine rings is 1. The number of hydrogen-bond acceptors (Lipinski definition) is 3. The van der Waals surface area contributed by atoms with E-state index in [2.05, 4.69) is 22.4 Å². The summed E-state index contributed by atoms with van der Waals surface area (Å²) in [5.74, 6) is 0.756. The Morgan fingerprint density at radius 3 is 2.39 bits per heavy atom. The third kappa shape index (κ3) is 5.15. The van der Waals surface area contributed by atoms with Crippen molar-refractivity contribution in [2.45, 2.75) is 27.8 Å². The molecule has 0 atom stereocenters. The minimum atomic E-state index is 0. The first kappa shape index (κ1) is 18.8. The highest BCUT2D eigenvalue weighted by molar-refractivity contribution is 6.32. The maximum absolute atomic E-state index is 6.21. The zero-order valence-corrected chi connectivity index (χ0v) is 13.5. The largest absolute Gasteiger partial charge is 0.472 e. The van der Waals surface area contributed by atoms with E-state index < -0.39 is 0 Å². The van der Waals surface area contributed by atoms with Gasteiger partial charge in [0, 0.05) is 17.7 Å². The lowest BCUT2D eigenvalue weighted by Gasteiger charge is -2.07. The number of nitrogens with zero attached hydrogens (tertiary/aromatic N) is 1. The lowest BCUT2D eigenvalue weighted by molar-refractivity contribution is 0.568. The normalized spacial score (nSPS) is 9.35. The van der Waals surface area contributed by atoms with Gasteiger partial charge in [0.1, 0.15) is 11.0 Å². The predicted molar refractivity (Wildman–Crippen MR) is 98.8 cm³/mol. The Morgan fingerprint density at radius 1 is 1.04 bits per heavy atom. The summed E-state index contributed by atoms with van der Waals surface area (Å²) in [6.07, 6.45) is 3.27. The molecule has 3 nitrogen and oxygen atoms in total. The molecule has 0 aliphatic carbocycles. The Bertz CT molecular complexity index is 682. The average molecular weight is 331 g/mol. The molecule has 23 heavy (non-hydrogen) atoms. The maximum Gasteiger partial charge on any atom is 0.139 e. The minimum absolute atomic E-state index is 0. The number of rotatable bonds is 4. The van der Waals surface area contributed by atoms with Crippen LogP contribution in [-0.2, 0) is 6.54 Å². The molecule has 0 aliphatic rings. The van der Waals surface area contributed by atoms with Gasteiger partial charge < -0.3 is 9.73 Å². The molecule has 3 rings (SSSR count). The zero-order valence-electron chi connectivity index (χ0n) is 12.7. The Kier molecular flexibility index (Phi) is 7.92. The maximum atomic E-state index is 6.21. The van der Waals surface area contributed by atoms with E-state index >= 15 is 0 Å². The standard InChI is InChI=1S/C16H13ClN2O.C2H6.CH4/c17-16-14(13-8-9-20-11-13)6-7-15(19-16)18-10-12-4-2-1-3-5-12;1-2;/h1-9,11H,10H2,(H,18,19);1-2H3;1H4. The fraction of sp³-hybridized carbons (Fsp3) is 0.211. The fourth-order valence-electron chi connectivity index (χ4n) is 1.95. The molecule has 0 saturated carbocycles. The molecule has 2 aromatic heterocycles. The summed E-state index contributed by atoms with van der Waals surface area (Å²) < 4.78 is 5.06. The van der Waals surface area contributed by atoms with Gasteiger partial charge in [-0.05, 0) is 23.8 Å². The van der Waals surface area contributed by atoms with Crippen LogP contribution in [0.3, 0.4) is 0 Å². The van der Waals surface area contributed by atoms with E-state index in [-0.39, 0.29) is 7.43 Å². The summed E-state index contributed by atoms with van der Waals surface area (Å²) in [6.45, 7) is 4.72. The number of anilines is 1. The molecular weight excluding hydrogens is 308 g/mol. The number of halogens is 1. The van der Waals surface area contributed by atoms with E-state index in [1.165, 1.54) is 5.56 Å². The molecule has 0 saturated heterocycles. The molecule has 0 aliphatic heterocycles. The highest BCUT2D eigenvalue weighted by Crippen LogP contribution is 2.28. The van der Waals surface area contributed by atoms with Crippen molar-refractivity contribution in [1.82, 2.24) is 4.98 Å². The number of benzene rings is 1. The second kappa shape index (κ2) is 9.70. The van der Waals surface area contributed by atoms with Crippen molar-refractivity contribution in [1.29, 1.82) is 0 Å². The van der Waals surface area contributed by atoms with Gasteiger partial charge in [0.15, 0.2) is 0 Å². The molecule has 0 amide bonds. The SMILES string of the molecule is C.CC.Clc1nc(NCc2ccccc2)ccc1-c1ccoc1. The van der Waals surface area contributed by atoms with Crippen LogP contribution in [0, 0.1) is 0 Å². The van der Waals surface area contributed by atoms with Crippen molar-refractivity contribution in [3.05, 3.63) is 71.8 Å². The molecule has 0 spiro atoms. The second-order valence-electron chi connectivity index (χ2n) is 4.39. The number of nitrogens with one attached hydrogen (secondary N) is 1. The van der Waals surface area contributed by atoms with Crippen molar-refractivity contribution >= 4 is 17.4 Å². The second-order valence-corrected chi connectivity index (χ2v) is 4.74. The third-order valence-electron chi connectivity index (χ3n) is 3.00. The smallest absolute Gasteiger partial charge is 0.139 e. The van der Waals surface area contributed by atoms with Crippen LogP contribution in [0.2, 0.25) is 5.15 Å². The van der Waals surface area contributed by atoms with Crippen molar-refractivity contribution in [2.75, 3.05) is 5.32 Å². The Balaban J connectivity index is 0.000000849. The van der Waals surface area contributed by atoms with E-state index in [4.69, 9.17) is 16.0 Å². The molecule has 0 bridgehead atoms. The van der Waals surface area contributed by atoms with E-state index in [9.17, 15) is 0 Å². The van der Waals surface area contributed by atoms with Gasteiger partial charge in [-0.1, -0.05) is 63.2 Å². The molecule has 122 valence electrons. The van der Waals surface area contributed by atoms with Crippen LogP contribution in [0.5, 0.6) is 0 Å². The lowest BCUT2D eigenvalue weighted by Crippen LogP contribution is -2.01. The Morgan fingerprint density at radius 2 is 1.78 bits per heavy atom. The molecular formula is C19H23ClN2O. The summed E-state index contributed by atoms with van der Waals surface area (Å²) >= 11 is 6.21. The summed E-state index contributed by atoms with van der Waals surface area (Å²) in [7, 11) is 0. The molecule has 4 heteroatoms. The van der Waals surface area contributed by atoms with Gasteiger partial charge in [-0.3, -0.25) is 0 Å². The molecule has 0 unspecified atom stereocenters. The van der Waals surface area contributed by atoms with E-state index in [1.54, 1.807) is 12.5 Å². The highest BCUT2D eigenvalue weighted by atomic mass is 35.5. The van der Waals surface area contributed by atoms with Crippen molar-refractivity contribution in [3.8, 4) is 11.1 Å². The fourth-order valence-corrected chi connectivity index (χ4v) is 2.22. The van der Waals surface area contributed by atoms with Gasteiger partial charge in [-0.25, -0.2) is 4.98 Å². The Labute approximate surface area is 143 Å². The van der Waals surface area contributed by atoms with E-state index in [1.807, 2.05) is 50.2 Å². The van der Waals surface area contributed by atoms with Crippen LogP contribution in [-0.4, -0.2) is 4.98 Å². The van der Waals surface area contributed by atoms with Crippen LogP contribution in [0.1, 0.15) is 26.8 Å². The highest BCUT2D eigenvalue weighted by Gasteiger charge is 2.07. The van der Waals surface area contributed by atoms with E-state index in [0.29, 0.717) is 5.15 Å². The van der Waals surface area contributed by atoms with Gasteiger partial charge in [-0.15, -0.1) is 0 Å². The topological polar surface area (TPSA) is 38.1 Å². The first-order valence-electron chi connectivity index (χ1n) is 7.30. The van der Waals surface area contributed by atoms with Gasteiger partial charge in [0.05, 0.1) is 12.5 Å². The first-order valence-corrected chi connectivity index (χ1v) is 7.67. The average Bonchev–Trinajstić information content (AvgIpc) is 3.10. The molecule has 0 radical (unpaired) electrons. The van der Waals surface area contributed by atoms with Gasteiger partial charge in [-0.2, -0.15) is 0 Å². The zero-order chi connectivity index (χ0) is 15.8. The summed E-state index contributed by atoms with van der Waals surface area (Å²) in [6, 6.07) is 15.9. The molecule has 1 aromatic carbocycles. The summed E-state index contributed by atoms with van der Waals surface area (Å²) in [5.41, 5.74) is 2.99. The van der Waals surface area contributed by atoms with Crippen LogP contribution in [0.15, 0.2) is 65.5 Å². The van der Waals surface area contributed by atoms with Gasteiger partial charge in [0.25, 0.3) is 0 Å². The van der Waals surface area contributed by atoms with Gasteiger partial charge in [0.2, 0.25) is 0 Å².